The second-order valence-electron chi connectivity index (χ2n) is 3.61. The number of halogens is 11. The summed E-state index contributed by atoms with van der Waals surface area (Å²) in [5.41, 5.74) is -6.89. The number of rotatable bonds is 1. The summed E-state index contributed by atoms with van der Waals surface area (Å²) >= 11 is 0. The molecular formula is C9HF11O. The van der Waals surface area contributed by atoms with Crippen LogP contribution in [0.5, 0.6) is 5.75 Å². The molecule has 0 aromatic heterocycles. The van der Waals surface area contributed by atoms with Gasteiger partial charge in [0.25, 0.3) is 0 Å². The van der Waals surface area contributed by atoms with E-state index in [9.17, 15) is 48.3 Å². The molecule has 0 saturated heterocycles. The molecule has 0 heterocycles. The fraction of sp³-hybridized carbons (Fsp3) is 0.333. The third-order valence-corrected chi connectivity index (χ3v) is 2.25. The summed E-state index contributed by atoms with van der Waals surface area (Å²) in [6.07, 6.45) is -13.0. The molecule has 1 N–H and O–H groups in total. The Bertz CT molecular complexity index is 569. The van der Waals surface area contributed by atoms with Gasteiger partial charge in [-0.3, -0.25) is 0 Å². The van der Waals surface area contributed by atoms with E-state index in [1.807, 2.05) is 0 Å². The predicted octanol–water partition coefficient (Wildman–Crippen LogP) is 4.48. The van der Waals surface area contributed by atoms with Crippen LogP contribution in [-0.2, 0) is 12.1 Å². The molecule has 1 nitrogen and oxygen atoms in total. The maximum Gasteiger partial charge on any atom is 0.458 e. The van der Waals surface area contributed by atoms with E-state index >= 15 is 0 Å². The Labute approximate surface area is 107 Å². The number of benzene rings is 1. The van der Waals surface area contributed by atoms with Crippen LogP contribution in [0, 0.1) is 17.5 Å². The lowest BCUT2D eigenvalue weighted by Gasteiger charge is -2.24. The van der Waals surface area contributed by atoms with Crippen LogP contribution in [-0.4, -0.2) is 11.3 Å². The molecule has 1 aromatic rings. The van der Waals surface area contributed by atoms with Crippen molar-refractivity contribution >= 4 is 0 Å². The van der Waals surface area contributed by atoms with Crippen LogP contribution in [0.4, 0.5) is 48.3 Å². The van der Waals surface area contributed by atoms with Gasteiger partial charge < -0.3 is 5.11 Å². The lowest BCUT2D eigenvalue weighted by atomic mass is 9.98. The van der Waals surface area contributed by atoms with Crippen LogP contribution in [0.15, 0.2) is 0 Å². The Hall–Kier alpha value is -1.75. The SMILES string of the molecule is Oc1c(F)c(F)c(F)c(C(F)(F)C(F)(F)F)c1C(F)(F)F. The largest absolute Gasteiger partial charge is 0.504 e. The molecule has 0 fully saturated rings. The summed E-state index contributed by atoms with van der Waals surface area (Å²) in [5, 5.41) is 8.65. The zero-order valence-electron chi connectivity index (χ0n) is 9.10. The van der Waals surface area contributed by atoms with Crippen LogP contribution >= 0.6 is 0 Å². The van der Waals surface area contributed by atoms with Crippen molar-refractivity contribution in [3.63, 3.8) is 0 Å². The molecule has 0 aliphatic heterocycles. The van der Waals surface area contributed by atoms with E-state index in [0.29, 0.717) is 0 Å². The first-order valence-corrected chi connectivity index (χ1v) is 4.55. The molecule has 120 valence electrons. The van der Waals surface area contributed by atoms with Crippen LogP contribution in [0.1, 0.15) is 11.1 Å². The summed E-state index contributed by atoms with van der Waals surface area (Å²) in [6.45, 7) is 0. The monoisotopic (exact) mass is 334 g/mol. The molecule has 0 bridgehead atoms. The Morgan fingerprint density at radius 3 is 1.38 bits per heavy atom. The number of hydrogen-bond acceptors (Lipinski definition) is 1. The first kappa shape index (κ1) is 17.3. The Morgan fingerprint density at radius 2 is 1.05 bits per heavy atom. The molecule has 0 unspecified atom stereocenters. The fourth-order valence-corrected chi connectivity index (χ4v) is 1.36. The minimum atomic E-state index is -6.75. The van der Waals surface area contributed by atoms with E-state index in [2.05, 4.69) is 0 Å². The van der Waals surface area contributed by atoms with Gasteiger partial charge in [-0.25, -0.2) is 8.78 Å². The fourth-order valence-electron chi connectivity index (χ4n) is 1.36. The number of alkyl halides is 8. The van der Waals surface area contributed by atoms with Crippen molar-refractivity contribution in [2.45, 2.75) is 18.3 Å². The smallest absolute Gasteiger partial charge is 0.458 e. The van der Waals surface area contributed by atoms with E-state index in [0.717, 1.165) is 0 Å². The van der Waals surface area contributed by atoms with E-state index in [1.165, 1.54) is 0 Å². The van der Waals surface area contributed by atoms with Crippen molar-refractivity contribution in [1.82, 2.24) is 0 Å². The lowest BCUT2D eigenvalue weighted by Crippen LogP contribution is -2.37. The number of aromatic hydroxyl groups is 1. The third-order valence-electron chi connectivity index (χ3n) is 2.25. The highest BCUT2D eigenvalue weighted by Crippen LogP contribution is 2.52. The molecule has 0 aliphatic rings. The van der Waals surface area contributed by atoms with E-state index in [1.54, 1.807) is 0 Å². The van der Waals surface area contributed by atoms with Gasteiger partial charge in [-0.15, -0.1) is 0 Å². The van der Waals surface area contributed by atoms with Crippen molar-refractivity contribution < 1.29 is 53.4 Å². The van der Waals surface area contributed by atoms with E-state index < -0.39 is 52.6 Å². The molecule has 0 amide bonds. The van der Waals surface area contributed by atoms with Gasteiger partial charge in [-0.05, 0) is 0 Å². The van der Waals surface area contributed by atoms with Gasteiger partial charge in [0.1, 0.15) is 5.56 Å². The van der Waals surface area contributed by atoms with Crippen molar-refractivity contribution in [2.75, 3.05) is 0 Å². The van der Waals surface area contributed by atoms with Crippen molar-refractivity contribution in [1.29, 1.82) is 0 Å². The predicted molar refractivity (Wildman–Crippen MR) is 42.9 cm³/mol. The summed E-state index contributed by atoms with van der Waals surface area (Å²) in [5.74, 6) is -18.9. The number of phenolic OH excluding ortho intramolecular Hbond substituents is 1. The zero-order valence-corrected chi connectivity index (χ0v) is 9.10. The average Bonchev–Trinajstić information content (AvgIpc) is 2.27. The van der Waals surface area contributed by atoms with Gasteiger partial charge in [-0.2, -0.15) is 39.5 Å². The van der Waals surface area contributed by atoms with Crippen LogP contribution in [0.3, 0.4) is 0 Å². The average molecular weight is 334 g/mol. The first-order valence-electron chi connectivity index (χ1n) is 4.55. The molecule has 21 heavy (non-hydrogen) atoms. The molecule has 0 atom stereocenters. The van der Waals surface area contributed by atoms with Crippen LogP contribution in [0.25, 0.3) is 0 Å². The minimum Gasteiger partial charge on any atom is -0.504 e. The minimum absolute atomic E-state index is 2.90. The van der Waals surface area contributed by atoms with Crippen LogP contribution in [0.2, 0.25) is 0 Å². The van der Waals surface area contributed by atoms with Crippen molar-refractivity contribution in [3.8, 4) is 5.75 Å². The van der Waals surface area contributed by atoms with Crippen molar-refractivity contribution in [2.24, 2.45) is 0 Å². The van der Waals surface area contributed by atoms with Gasteiger partial charge in [0.15, 0.2) is 17.4 Å². The second-order valence-corrected chi connectivity index (χ2v) is 3.61. The highest BCUT2D eigenvalue weighted by atomic mass is 19.4. The molecule has 0 spiro atoms. The molecule has 0 aliphatic carbocycles. The van der Waals surface area contributed by atoms with E-state index in [4.69, 9.17) is 5.11 Å². The molecule has 1 rings (SSSR count). The lowest BCUT2D eigenvalue weighted by molar-refractivity contribution is -0.292. The van der Waals surface area contributed by atoms with Gasteiger partial charge in [0, 0.05) is 0 Å². The Balaban J connectivity index is 3.98. The van der Waals surface area contributed by atoms with Crippen LogP contribution < -0.4 is 0 Å². The molecular weight excluding hydrogens is 333 g/mol. The topological polar surface area (TPSA) is 20.2 Å². The quantitative estimate of drug-likeness (QED) is 0.593. The second kappa shape index (κ2) is 4.63. The highest BCUT2D eigenvalue weighted by molar-refractivity contribution is 5.47. The Morgan fingerprint density at radius 1 is 0.619 bits per heavy atom. The summed E-state index contributed by atoms with van der Waals surface area (Å²) in [6, 6.07) is 0. The molecule has 0 radical (unpaired) electrons. The molecule has 1 aromatic carbocycles. The maximum absolute atomic E-state index is 13.1. The summed E-state index contributed by atoms with van der Waals surface area (Å²) in [7, 11) is 0. The third kappa shape index (κ3) is 2.58. The summed E-state index contributed by atoms with van der Waals surface area (Å²) < 4.78 is 138. The highest BCUT2D eigenvalue weighted by Gasteiger charge is 2.64. The normalized spacial score (nSPS) is 13.7. The number of phenols is 1. The number of hydrogen-bond donors (Lipinski definition) is 1. The molecule has 0 saturated carbocycles. The molecule has 12 heteroatoms. The maximum atomic E-state index is 13.1. The van der Waals surface area contributed by atoms with Gasteiger partial charge in [-0.1, -0.05) is 0 Å². The first-order chi connectivity index (χ1) is 9.14. The van der Waals surface area contributed by atoms with Crippen molar-refractivity contribution in [3.05, 3.63) is 28.6 Å². The standard InChI is InChI=1S/C9HF11O/c10-3-1(7(13,14)9(18,19)20)2(8(15,16)17)6(21)5(12)4(3)11/h21H. The summed E-state index contributed by atoms with van der Waals surface area (Å²) in [4.78, 5) is 0. The van der Waals surface area contributed by atoms with E-state index in [-0.39, 0.29) is 0 Å². The Kier molecular flexibility index (Phi) is 3.81. The zero-order chi connectivity index (χ0) is 17.0. The van der Waals surface area contributed by atoms with Gasteiger partial charge in [0.2, 0.25) is 5.82 Å². The van der Waals surface area contributed by atoms with Gasteiger partial charge in [0.05, 0.1) is 5.56 Å². The van der Waals surface area contributed by atoms with Gasteiger partial charge >= 0.3 is 18.3 Å².